The zero-order valence-electron chi connectivity index (χ0n) is 11.7. The molecule has 5 heteroatoms. The number of carbonyl (C=O) groups is 2. The predicted octanol–water partition coefficient (Wildman–Crippen LogP) is 0.919. The minimum Gasteiger partial charge on any atom is -0.372 e. The topological polar surface area (TPSA) is 67.4 Å². The summed E-state index contributed by atoms with van der Waals surface area (Å²) in [6.45, 7) is 5.96. The second-order valence-corrected chi connectivity index (χ2v) is 4.64. The number of ether oxygens (including phenoxy) is 1. The summed E-state index contributed by atoms with van der Waals surface area (Å²) in [5, 5.41) is 5.49. The summed E-state index contributed by atoms with van der Waals surface area (Å²) in [6.07, 6.45) is 6.71. The first-order chi connectivity index (χ1) is 9.02. The largest absolute Gasteiger partial charge is 0.372 e. The van der Waals surface area contributed by atoms with Gasteiger partial charge < -0.3 is 15.4 Å². The second kappa shape index (κ2) is 7.74. The summed E-state index contributed by atoms with van der Waals surface area (Å²) in [4.78, 5) is 23.3. The lowest BCUT2D eigenvalue weighted by molar-refractivity contribution is -0.131. The highest BCUT2D eigenvalue weighted by atomic mass is 16.5. The molecule has 1 aliphatic rings. The van der Waals surface area contributed by atoms with Gasteiger partial charge in [-0.25, -0.2) is 0 Å². The molecule has 0 bridgehead atoms. The van der Waals surface area contributed by atoms with E-state index in [2.05, 4.69) is 10.6 Å². The van der Waals surface area contributed by atoms with Gasteiger partial charge in [0.2, 0.25) is 11.8 Å². The smallest absolute Gasteiger partial charge is 0.246 e. The number of rotatable bonds is 6. The van der Waals surface area contributed by atoms with Gasteiger partial charge >= 0.3 is 0 Å². The molecule has 0 aromatic heterocycles. The number of nitrogens with one attached hydrogen (secondary N) is 2. The molecule has 1 rings (SSSR count). The van der Waals surface area contributed by atoms with E-state index in [9.17, 15) is 9.59 Å². The lowest BCUT2D eigenvalue weighted by Gasteiger charge is -2.21. The maximum Gasteiger partial charge on any atom is 0.246 e. The van der Waals surface area contributed by atoms with Crippen LogP contribution in [0.5, 0.6) is 0 Å². The van der Waals surface area contributed by atoms with Gasteiger partial charge in [-0.3, -0.25) is 9.59 Å². The zero-order chi connectivity index (χ0) is 14.3. The van der Waals surface area contributed by atoms with Crippen LogP contribution in [0.15, 0.2) is 23.8 Å². The Hall–Kier alpha value is -1.62. The van der Waals surface area contributed by atoms with E-state index in [1.54, 1.807) is 6.92 Å². The van der Waals surface area contributed by atoms with Gasteiger partial charge in [-0.15, -0.1) is 0 Å². The highest BCUT2D eigenvalue weighted by molar-refractivity contribution is 5.88. The number of hydrogen-bond donors (Lipinski definition) is 2. The average molecular weight is 266 g/mol. The molecule has 1 aliphatic carbocycles. The summed E-state index contributed by atoms with van der Waals surface area (Å²) in [5.41, 5.74) is 1.22. The maximum absolute atomic E-state index is 11.9. The van der Waals surface area contributed by atoms with Crippen LogP contribution in [0, 0.1) is 0 Å². The number of carbonyl (C=O) groups excluding carboxylic acids is 2. The van der Waals surface area contributed by atoms with Crippen LogP contribution in [0.4, 0.5) is 0 Å². The molecule has 106 valence electrons. The molecule has 5 nitrogen and oxygen atoms in total. The van der Waals surface area contributed by atoms with E-state index in [1.165, 1.54) is 5.57 Å². The number of amides is 2. The minimum atomic E-state index is -0.562. The summed E-state index contributed by atoms with van der Waals surface area (Å²) < 4.78 is 4.98. The van der Waals surface area contributed by atoms with Crippen molar-refractivity contribution in [2.24, 2.45) is 0 Å². The zero-order valence-corrected chi connectivity index (χ0v) is 11.7. The Morgan fingerprint density at radius 1 is 1.53 bits per heavy atom. The number of allylic oxidation sites excluding steroid dienone is 2. The van der Waals surface area contributed by atoms with E-state index < -0.39 is 6.04 Å². The summed E-state index contributed by atoms with van der Waals surface area (Å²) in [6, 6.07) is -0.559. The quantitative estimate of drug-likeness (QED) is 0.751. The van der Waals surface area contributed by atoms with E-state index in [0.717, 1.165) is 6.42 Å². The fraction of sp³-hybridized carbons (Fsp3) is 0.571. The molecule has 19 heavy (non-hydrogen) atoms. The van der Waals surface area contributed by atoms with Gasteiger partial charge in [0.15, 0.2) is 0 Å². The Morgan fingerprint density at radius 2 is 2.26 bits per heavy atom. The first-order valence-corrected chi connectivity index (χ1v) is 6.54. The average Bonchev–Trinajstić information content (AvgIpc) is 2.36. The fourth-order valence-electron chi connectivity index (χ4n) is 1.79. The van der Waals surface area contributed by atoms with Crippen LogP contribution in [0.25, 0.3) is 0 Å². The van der Waals surface area contributed by atoms with Crippen molar-refractivity contribution in [2.45, 2.75) is 39.3 Å². The Balaban J connectivity index is 2.34. The third-order valence-electron chi connectivity index (χ3n) is 2.80. The molecular formula is C14H22N2O3. The summed E-state index contributed by atoms with van der Waals surface area (Å²) in [5.74, 6) is -0.464. The number of hydrogen-bond acceptors (Lipinski definition) is 3. The predicted molar refractivity (Wildman–Crippen MR) is 73.5 cm³/mol. The molecule has 0 fully saturated rings. The third-order valence-corrected chi connectivity index (χ3v) is 2.80. The lowest BCUT2D eigenvalue weighted by atomic mass is 10.0. The molecule has 0 radical (unpaired) electrons. The van der Waals surface area contributed by atoms with Crippen molar-refractivity contribution >= 4 is 11.8 Å². The minimum absolute atomic E-state index is 0.00347. The van der Waals surface area contributed by atoms with Gasteiger partial charge in [-0.05, 0) is 27.2 Å². The van der Waals surface area contributed by atoms with Crippen molar-refractivity contribution in [3.8, 4) is 0 Å². The van der Waals surface area contributed by atoms with Gasteiger partial charge in [0, 0.05) is 6.61 Å². The third kappa shape index (κ3) is 5.70. The SMILES string of the molecule is CCOCC(=O)N[C@@H](C)C(=O)N[C@@H]1C=CC=C(C)C1. The van der Waals surface area contributed by atoms with Crippen LogP contribution in [-0.4, -0.2) is 37.1 Å². The molecule has 2 N–H and O–H groups in total. The molecule has 0 aliphatic heterocycles. The Labute approximate surface area is 114 Å². The molecule has 0 unspecified atom stereocenters. The van der Waals surface area contributed by atoms with Crippen molar-refractivity contribution in [1.82, 2.24) is 10.6 Å². The van der Waals surface area contributed by atoms with Gasteiger partial charge in [0.05, 0.1) is 6.04 Å². The molecule has 0 saturated carbocycles. The van der Waals surface area contributed by atoms with Crippen molar-refractivity contribution < 1.29 is 14.3 Å². The second-order valence-electron chi connectivity index (χ2n) is 4.64. The molecule has 0 heterocycles. The van der Waals surface area contributed by atoms with Crippen LogP contribution >= 0.6 is 0 Å². The van der Waals surface area contributed by atoms with Crippen LogP contribution < -0.4 is 10.6 Å². The van der Waals surface area contributed by atoms with E-state index in [1.807, 2.05) is 32.1 Å². The highest BCUT2D eigenvalue weighted by Crippen LogP contribution is 2.11. The van der Waals surface area contributed by atoms with E-state index in [0.29, 0.717) is 6.61 Å². The van der Waals surface area contributed by atoms with Gasteiger partial charge in [-0.2, -0.15) is 0 Å². The van der Waals surface area contributed by atoms with Crippen molar-refractivity contribution in [3.63, 3.8) is 0 Å². The van der Waals surface area contributed by atoms with Crippen molar-refractivity contribution in [3.05, 3.63) is 23.8 Å². The normalized spacial score (nSPS) is 19.5. The Bertz CT molecular complexity index is 388. The molecule has 0 aromatic carbocycles. The van der Waals surface area contributed by atoms with E-state index >= 15 is 0 Å². The molecular weight excluding hydrogens is 244 g/mol. The summed E-state index contributed by atoms with van der Waals surface area (Å²) >= 11 is 0. The monoisotopic (exact) mass is 266 g/mol. The molecule has 2 atom stereocenters. The van der Waals surface area contributed by atoms with Gasteiger partial charge in [0.25, 0.3) is 0 Å². The molecule has 2 amide bonds. The first-order valence-electron chi connectivity index (χ1n) is 6.54. The maximum atomic E-state index is 11.9. The van der Waals surface area contributed by atoms with Crippen molar-refractivity contribution in [2.75, 3.05) is 13.2 Å². The van der Waals surface area contributed by atoms with E-state index in [4.69, 9.17) is 4.74 Å². The van der Waals surface area contributed by atoms with Crippen LogP contribution in [0.2, 0.25) is 0 Å². The molecule has 0 saturated heterocycles. The van der Waals surface area contributed by atoms with Crippen molar-refractivity contribution in [1.29, 1.82) is 0 Å². The molecule has 0 spiro atoms. The van der Waals surface area contributed by atoms with Crippen LogP contribution in [0.1, 0.15) is 27.2 Å². The Kier molecular flexibility index (Phi) is 6.29. The van der Waals surface area contributed by atoms with Crippen LogP contribution in [-0.2, 0) is 14.3 Å². The van der Waals surface area contributed by atoms with Gasteiger partial charge in [0.1, 0.15) is 12.6 Å². The lowest BCUT2D eigenvalue weighted by Crippen LogP contribution is -2.48. The summed E-state index contributed by atoms with van der Waals surface area (Å²) in [7, 11) is 0. The van der Waals surface area contributed by atoms with Crippen LogP contribution in [0.3, 0.4) is 0 Å². The highest BCUT2D eigenvalue weighted by Gasteiger charge is 2.18. The van der Waals surface area contributed by atoms with Gasteiger partial charge in [-0.1, -0.05) is 23.8 Å². The Morgan fingerprint density at radius 3 is 2.89 bits per heavy atom. The fourth-order valence-corrected chi connectivity index (χ4v) is 1.79. The van der Waals surface area contributed by atoms with E-state index in [-0.39, 0.29) is 24.5 Å². The standard InChI is InChI=1S/C14H22N2O3/c1-4-19-9-13(17)15-11(3)14(18)16-12-7-5-6-10(2)8-12/h5-7,11-12H,4,8-9H2,1-3H3,(H,15,17)(H,16,18)/t11-,12+/m0/s1. The molecule has 0 aromatic rings. The first kappa shape index (κ1) is 15.4.